The van der Waals surface area contributed by atoms with E-state index in [1.165, 1.54) is 12.1 Å². The van der Waals surface area contributed by atoms with E-state index in [4.69, 9.17) is 4.42 Å². The first-order chi connectivity index (χ1) is 15.8. The Morgan fingerprint density at radius 2 is 1.70 bits per heavy atom. The first-order valence-electron chi connectivity index (χ1n) is 10.5. The number of carbonyl (C=O) groups excluding carboxylic acids is 1. The standard InChI is InChI=1S/C26H20N2O5/c1-15-6-9-17(10-7-15)14-27-23(18-4-3-5-19(13-18)28(31)32)22-24(29)20-12-16(2)8-11-21(20)33-25(22)26(27)30/h3-13,23H,14H2,1-2H3. The van der Waals surface area contributed by atoms with Gasteiger partial charge < -0.3 is 9.32 Å². The second kappa shape index (κ2) is 7.70. The highest BCUT2D eigenvalue weighted by Crippen LogP contribution is 2.40. The lowest BCUT2D eigenvalue weighted by atomic mass is 9.97. The lowest BCUT2D eigenvalue weighted by Crippen LogP contribution is -2.29. The summed E-state index contributed by atoms with van der Waals surface area (Å²) < 4.78 is 5.94. The molecule has 0 saturated carbocycles. The molecule has 164 valence electrons. The maximum atomic E-state index is 13.6. The van der Waals surface area contributed by atoms with E-state index < -0.39 is 16.9 Å². The monoisotopic (exact) mass is 440 g/mol. The van der Waals surface area contributed by atoms with Gasteiger partial charge in [-0.15, -0.1) is 0 Å². The molecule has 0 spiro atoms. The van der Waals surface area contributed by atoms with E-state index in [2.05, 4.69) is 0 Å². The van der Waals surface area contributed by atoms with Gasteiger partial charge in [-0.3, -0.25) is 19.7 Å². The fourth-order valence-electron chi connectivity index (χ4n) is 4.34. The van der Waals surface area contributed by atoms with Crippen molar-refractivity contribution in [1.82, 2.24) is 4.90 Å². The number of hydrogen-bond acceptors (Lipinski definition) is 5. The van der Waals surface area contributed by atoms with Crippen LogP contribution in [0.3, 0.4) is 0 Å². The van der Waals surface area contributed by atoms with Crippen molar-refractivity contribution >= 4 is 22.6 Å². The number of carbonyl (C=O) groups is 1. The van der Waals surface area contributed by atoms with Crippen LogP contribution < -0.4 is 5.43 Å². The topological polar surface area (TPSA) is 93.7 Å². The van der Waals surface area contributed by atoms with Gasteiger partial charge >= 0.3 is 0 Å². The average molecular weight is 440 g/mol. The zero-order valence-electron chi connectivity index (χ0n) is 18.1. The summed E-state index contributed by atoms with van der Waals surface area (Å²) in [6.45, 7) is 4.08. The summed E-state index contributed by atoms with van der Waals surface area (Å²) in [6, 6.07) is 18.2. The largest absolute Gasteiger partial charge is 0.450 e. The molecule has 5 rings (SSSR count). The quantitative estimate of drug-likeness (QED) is 0.326. The molecule has 1 aliphatic rings. The maximum absolute atomic E-state index is 13.6. The number of amides is 1. The molecule has 0 aliphatic carbocycles. The third-order valence-corrected chi connectivity index (χ3v) is 5.99. The van der Waals surface area contributed by atoms with Crippen LogP contribution in [-0.2, 0) is 6.54 Å². The van der Waals surface area contributed by atoms with E-state index in [1.54, 1.807) is 29.2 Å². The summed E-state index contributed by atoms with van der Waals surface area (Å²) in [5, 5.41) is 11.8. The Bertz CT molecular complexity index is 1490. The van der Waals surface area contributed by atoms with Crippen LogP contribution in [0.4, 0.5) is 5.69 Å². The van der Waals surface area contributed by atoms with Crippen molar-refractivity contribution in [3.8, 4) is 0 Å². The van der Waals surface area contributed by atoms with Gasteiger partial charge in [-0.1, -0.05) is 53.6 Å². The van der Waals surface area contributed by atoms with Gasteiger partial charge in [0, 0.05) is 18.7 Å². The Kier molecular flexibility index (Phi) is 4.82. The first kappa shape index (κ1) is 20.6. The third kappa shape index (κ3) is 3.47. The molecule has 0 saturated heterocycles. The number of aryl methyl sites for hydroxylation is 2. The van der Waals surface area contributed by atoms with Crippen LogP contribution >= 0.6 is 0 Å². The summed E-state index contributed by atoms with van der Waals surface area (Å²) >= 11 is 0. The second-order valence-corrected chi connectivity index (χ2v) is 8.35. The molecular formula is C26H20N2O5. The Balaban J connectivity index is 1.73. The van der Waals surface area contributed by atoms with E-state index in [1.807, 2.05) is 44.2 Å². The Hall–Kier alpha value is -4.26. The number of hydrogen-bond donors (Lipinski definition) is 0. The van der Waals surface area contributed by atoms with Crippen LogP contribution in [-0.4, -0.2) is 15.7 Å². The number of fused-ring (bicyclic) bond motifs is 2. The fourth-order valence-corrected chi connectivity index (χ4v) is 4.34. The molecule has 7 heteroatoms. The molecule has 0 radical (unpaired) electrons. The van der Waals surface area contributed by atoms with Gasteiger partial charge in [-0.05, 0) is 37.1 Å². The number of nitrogens with zero attached hydrogens (tertiary/aromatic N) is 2. The van der Waals surface area contributed by atoms with Crippen LogP contribution in [0, 0.1) is 24.0 Å². The molecule has 1 unspecified atom stereocenters. The number of nitro groups is 1. The van der Waals surface area contributed by atoms with Gasteiger partial charge in [0.15, 0.2) is 5.43 Å². The number of nitro benzene ring substituents is 1. The molecule has 0 N–H and O–H groups in total. The lowest BCUT2D eigenvalue weighted by molar-refractivity contribution is -0.384. The minimum absolute atomic E-state index is 0.0139. The summed E-state index contributed by atoms with van der Waals surface area (Å²) in [4.78, 5) is 39.5. The highest BCUT2D eigenvalue weighted by atomic mass is 16.6. The minimum atomic E-state index is -0.796. The van der Waals surface area contributed by atoms with E-state index in [-0.39, 0.29) is 29.0 Å². The number of rotatable bonds is 4. The van der Waals surface area contributed by atoms with Gasteiger partial charge in [0.1, 0.15) is 5.58 Å². The molecule has 4 aromatic rings. The van der Waals surface area contributed by atoms with Crippen LogP contribution in [0.1, 0.15) is 44.4 Å². The maximum Gasteiger partial charge on any atom is 0.291 e. The third-order valence-electron chi connectivity index (χ3n) is 5.99. The Labute approximate surface area is 189 Å². The molecule has 1 aliphatic heterocycles. The molecule has 1 atom stereocenters. The van der Waals surface area contributed by atoms with Crippen molar-refractivity contribution < 1.29 is 14.1 Å². The van der Waals surface area contributed by atoms with Crippen molar-refractivity contribution in [2.45, 2.75) is 26.4 Å². The Morgan fingerprint density at radius 1 is 0.970 bits per heavy atom. The number of benzene rings is 3. The van der Waals surface area contributed by atoms with Crippen LogP contribution in [0.25, 0.3) is 11.0 Å². The average Bonchev–Trinajstić information content (AvgIpc) is 3.08. The minimum Gasteiger partial charge on any atom is -0.450 e. The van der Waals surface area contributed by atoms with Crippen molar-refractivity contribution in [1.29, 1.82) is 0 Å². The lowest BCUT2D eigenvalue weighted by Gasteiger charge is -2.25. The van der Waals surface area contributed by atoms with Crippen molar-refractivity contribution in [3.63, 3.8) is 0 Å². The highest BCUT2D eigenvalue weighted by Gasteiger charge is 2.43. The molecule has 33 heavy (non-hydrogen) atoms. The summed E-state index contributed by atoms with van der Waals surface area (Å²) in [5.41, 5.74) is 3.49. The summed E-state index contributed by atoms with van der Waals surface area (Å²) in [7, 11) is 0. The molecule has 1 aromatic heterocycles. The molecule has 7 nitrogen and oxygen atoms in total. The summed E-state index contributed by atoms with van der Waals surface area (Å²) in [5.74, 6) is -0.429. The van der Waals surface area contributed by atoms with Gasteiger partial charge in [-0.2, -0.15) is 0 Å². The molecular weight excluding hydrogens is 420 g/mol. The second-order valence-electron chi connectivity index (χ2n) is 8.35. The van der Waals surface area contributed by atoms with E-state index in [9.17, 15) is 19.7 Å². The molecule has 0 bridgehead atoms. The van der Waals surface area contributed by atoms with Crippen molar-refractivity contribution in [2.24, 2.45) is 0 Å². The predicted molar refractivity (Wildman–Crippen MR) is 123 cm³/mol. The van der Waals surface area contributed by atoms with Gasteiger partial charge in [0.25, 0.3) is 11.6 Å². The number of non-ortho nitro benzene ring substituents is 1. The van der Waals surface area contributed by atoms with Crippen molar-refractivity contribution in [2.75, 3.05) is 0 Å². The van der Waals surface area contributed by atoms with Crippen molar-refractivity contribution in [3.05, 3.63) is 121 Å². The van der Waals surface area contributed by atoms with Crippen LogP contribution in [0.15, 0.2) is 75.9 Å². The van der Waals surface area contributed by atoms with Gasteiger partial charge in [-0.25, -0.2) is 0 Å². The SMILES string of the molecule is Cc1ccc(CN2C(=O)c3oc4ccc(C)cc4c(=O)c3C2c2cccc([N+](=O)[O-])c2)cc1. The molecule has 1 amide bonds. The highest BCUT2D eigenvalue weighted by molar-refractivity contribution is 5.99. The molecule has 2 heterocycles. The Morgan fingerprint density at radius 3 is 2.42 bits per heavy atom. The zero-order chi connectivity index (χ0) is 23.3. The smallest absolute Gasteiger partial charge is 0.291 e. The molecule has 3 aromatic carbocycles. The zero-order valence-corrected chi connectivity index (χ0v) is 18.1. The van der Waals surface area contributed by atoms with Crippen LogP contribution in [0.5, 0.6) is 0 Å². The normalized spacial score (nSPS) is 15.2. The fraction of sp³-hybridized carbons (Fsp3) is 0.154. The van der Waals surface area contributed by atoms with E-state index in [0.717, 1.165) is 16.7 Å². The predicted octanol–water partition coefficient (Wildman–Crippen LogP) is 5.06. The van der Waals surface area contributed by atoms with Crippen LogP contribution in [0.2, 0.25) is 0 Å². The van der Waals surface area contributed by atoms with E-state index in [0.29, 0.717) is 16.5 Å². The summed E-state index contributed by atoms with van der Waals surface area (Å²) in [6.07, 6.45) is 0. The van der Waals surface area contributed by atoms with Gasteiger partial charge in [0.2, 0.25) is 5.76 Å². The van der Waals surface area contributed by atoms with E-state index >= 15 is 0 Å². The first-order valence-corrected chi connectivity index (χ1v) is 10.5. The van der Waals surface area contributed by atoms with Gasteiger partial charge in [0.05, 0.1) is 21.9 Å². The molecule has 0 fully saturated rings.